The van der Waals surface area contributed by atoms with E-state index in [0.29, 0.717) is 0 Å². The molecule has 0 aromatic heterocycles. The van der Waals surface area contributed by atoms with Crippen molar-refractivity contribution in [3.63, 3.8) is 0 Å². The van der Waals surface area contributed by atoms with Crippen molar-refractivity contribution in [3.8, 4) is 12.1 Å². The largest absolute Gasteiger partial charge is 0.386 e. The van der Waals surface area contributed by atoms with Crippen molar-refractivity contribution in [1.29, 1.82) is 10.5 Å². The lowest BCUT2D eigenvalue weighted by Gasteiger charge is -2.29. The zero-order valence-corrected chi connectivity index (χ0v) is 13.6. The van der Waals surface area contributed by atoms with Gasteiger partial charge >= 0.3 is 0 Å². The summed E-state index contributed by atoms with van der Waals surface area (Å²) in [5.41, 5.74) is 4.29. The summed E-state index contributed by atoms with van der Waals surface area (Å²) in [6, 6.07) is 11.8. The maximum atomic E-state index is 9.88. The minimum Gasteiger partial charge on any atom is -0.386 e. The number of fused-ring (bicyclic) bond motifs is 1. The van der Waals surface area contributed by atoms with Crippen LogP contribution < -0.4 is 5.73 Å². The van der Waals surface area contributed by atoms with E-state index >= 15 is 0 Å². The van der Waals surface area contributed by atoms with Gasteiger partial charge in [-0.1, -0.05) is 28.1 Å². The van der Waals surface area contributed by atoms with Gasteiger partial charge in [-0.25, -0.2) is 4.99 Å². The van der Waals surface area contributed by atoms with Gasteiger partial charge in [0.2, 0.25) is 0 Å². The van der Waals surface area contributed by atoms with Crippen LogP contribution in [0.1, 0.15) is 11.5 Å². The van der Waals surface area contributed by atoms with Crippen LogP contribution in [0.25, 0.3) is 0 Å². The van der Waals surface area contributed by atoms with E-state index in [1.165, 1.54) is 14.2 Å². The summed E-state index contributed by atoms with van der Waals surface area (Å²) in [5, 5.41) is 19.7. The summed E-state index contributed by atoms with van der Waals surface area (Å²) in [4.78, 5) is 4.17. The van der Waals surface area contributed by atoms with Gasteiger partial charge < -0.3 is 15.2 Å². The molecule has 1 aromatic carbocycles. The maximum absolute atomic E-state index is 9.88. The second-order valence-electron chi connectivity index (χ2n) is 5.31. The van der Waals surface area contributed by atoms with Crippen molar-refractivity contribution >= 4 is 21.8 Å². The second kappa shape index (κ2) is 4.53. The first-order valence-electron chi connectivity index (χ1n) is 6.53. The molecule has 2 aliphatic rings. The van der Waals surface area contributed by atoms with Gasteiger partial charge in [-0.05, 0) is 17.7 Å². The Hall–Kier alpha value is -1.93. The van der Waals surface area contributed by atoms with Crippen molar-refractivity contribution < 1.29 is 9.47 Å². The first-order chi connectivity index (χ1) is 10.5. The van der Waals surface area contributed by atoms with Gasteiger partial charge in [0.1, 0.15) is 11.3 Å². The molecule has 1 aliphatic carbocycles. The Morgan fingerprint density at radius 3 is 2.45 bits per heavy atom. The maximum Gasteiger partial charge on any atom is 0.292 e. The van der Waals surface area contributed by atoms with E-state index in [2.05, 4.69) is 33.1 Å². The van der Waals surface area contributed by atoms with Crippen LogP contribution in [0.4, 0.5) is 0 Å². The number of hydrogen-bond donors (Lipinski definition) is 1. The Morgan fingerprint density at radius 1 is 1.27 bits per heavy atom. The normalized spacial score (nSPS) is 34.2. The number of nitrogens with two attached hydrogens (primary N) is 1. The van der Waals surface area contributed by atoms with E-state index in [0.717, 1.165) is 10.0 Å². The molecule has 1 saturated carbocycles. The third kappa shape index (κ3) is 1.32. The highest BCUT2D eigenvalue weighted by Gasteiger charge is 2.93. The fourth-order valence-corrected chi connectivity index (χ4v) is 4.12. The molecule has 0 saturated heterocycles. The first-order valence-corrected chi connectivity index (χ1v) is 7.33. The molecule has 22 heavy (non-hydrogen) atoms. The third-order valence-corrected chi connectivity index (χ3v) is 5.16. The molecule has 0 radical (unpaired) electrons. The van der Waals surface area contributed by atoms with Crippen LogP contribution in [0, 0.1) is 33.5 Å². The molecular weight excluding hydrogens is 348 g/mol. The first kappa shape index (κ1) is 15.0. The predicted molar refractivity (Wildman–Crippen MR) is 81.3 cm³/mol. The highest BCUT2D eigenvalue weighted by Crippen LogP contribution is 2.81. The molecule has 2 N–H and O–H groups in total. The lowest BCUT2D eigenvalue weighted by molar-refractivity contribution is -0.230. The summed E-state index contributed by atoms with van der Waals surface area (Å²) in [5.74, 6) is -1.97. The van der Waals surface area contributed by atoms with Gasteiger partial charge in [0.15, 0.2) is 5.41 Å². The lowest BCUT2D eigenvalue weighted by Crippen LogP contribution is -2.41. The summed E-state index contributed by atoms with van der Waals surface area (Å²) in [6.07, 6.45) is 0. The Bertz CT molecular complexity index is 762. The van der Waals surface area contributed by atoms with Crippen LogP contribution in [0.5, 0.6) is 0 Å². The predicted octanol–water partition coefficient (Wildman–Crippen LogP) is 1.88. The number of benzene rings is 1. The van der Waals surface area contributed by atoms with E-state index < -0.39 is 22.7 Å². The molecule has 112 valence electrons. The monoisotopic (exact) mass is 360 g/mol. The molecule has 1 fully saturated rings. The average molecular weight is 361 g/mol. The number of methoxy groups -OCH3 is 2. The zero-order chi connectivity index (χ0) is 16.2. The van der Waals surface area contributed by atoms with Crippen LogP contribution in [-0.2, 0) is 9.47 Å². The molecule has 1 heterocycles. The van der Waals surface area contributed by atoms with E-state index in [1.807, 2.05) is 24.3 Å². The summed E-state index contributed by atoms with van der Waals surface area (Å²) in [6.45, 7) is 0. The number of rotatable bonds is 3. The molecule has 1 aromatic rings. The highest BCUT2D eigenvalue weighted by molar-refractivity contribution is 9.10. The minimum atomic E-state index is -1.57. The number of ether oxygens (including phenoxy) is 2. The van der Waals surface area contributed by atoms with Gasteiger partial charge in [-0.2, -0.15) is 10.5 Å². The number of nitrogens with zero attached hydrogens (tertiary/aromatic N) is 3. The molecular formula is C15H13BrN4O2. The molecule has 0 amide bonds. The van der Waals surface area contributed by atoms with Crippen molar-refractivity contribution in [1.82, 2.24) is 0 Å². The van der Waals surface area contributed by atoms with Crippen LogP contribution in [-0.4, -0.2) is 26.0 Å². The van der Waals surface area contributed by atoms with Crippen molar-refractivity contribution in [2.75, 3.05) is 14.2 Å². The second-order valence-corrected chi connectivity index (χ2v) is 6.23. The fourth-order valence-electron chi connectivity index (χ4n) is 3.71. The SMILES string of the molecule is COC1(OC)N=C(N)C2(C#N)C(c3cccc(Br)c3)C12C#N. The van der Waals surface area contributed by atoms with E-state index in [4.69, 9.17) is 15.2 Å². The molecule has 1 aliphatic heterocycles. The van der Waals surface area contributed by atoms with Crippen LogP contribution in [0.3, 0.4) is 0 Å². The quantitative estimate of drug-likeness (QED) is 0.828. The minimum absolute atomic E-state index is 0.0743. The molecule has 7 heteroatoms. The Morgan fingerprint density at radius 2 is 1.95 bits per heavy atom. The molecule has 3 unspecified atom stereocenters. The van der Waals surface area contributed by atoms with Crippen LogP contribution in [0.2, 0.25) is 0 Å². The third-order valence-electron chi connectivity index (χ3n) is 4.66. The Kier molecular flexibility index (Phi) is 3.09. The lowest BCUT2D eigenvalue weighted by atomic mass is 9.93. The molecule has 3 atom stereocenters. The van der Waals surface area contributed by atoms with Gasteiger partial charge in [0, 0.05) is 24.6 Å². The van der Waals surface area contributed by atoms with Gasteiger partial charge in [0.25, 0.3) is 5.91 Å². The highest BCUT2D eigenvalue weighted by atomic mass is 79.9. The van der Waals surface area contributed by atoms with Crippen LogP contribution in [0.15, 0.2) is 33.7 Å². The molecule has 3 rings (SSSR count). The molecule has 0 spiro atoms. The summed E-state index contributed by atoms with van der Waals surface area (Å²) < 4.78 is 11.7. The number of halogens is 1. The standard InChI is InChI=1S/C15H13BrN4O2/c1-21-15(22-2)14(8-18)11(9-4-3-5-10(16)6-9)13(14,7-17)12(19)20-15/h3-6,11H,1-2H3,(H2,19,20). The average Bonchev–Trinajstić information content (AvgIpc) is 3.11. The number of hydrogen-bond acceptors (Lipinski definition) is 6. The van der Waals surface area contributed by atoms with E-state index in [9.17, 15) is 10.5 Å². The molecule has 0 bridgehead atoms. The summed E-state index contributed by atoms with van der Waals surface area (Å²) in [7, 11) is 2.78. The van der Waals surface area contributed by atoms with Gasteiger partial charge in [0.05, 0.1) is 12.1 Å². The number of aliphatic imine (C=N–C) groups is 1. The Balaban J connectivity index is 2.26. The van der Waals surface area contributed by atoms with Crippen molar-refractivity contribution in [2.24, 2.45) is 21.6 Å². The Labute approximate surface area is 136 Å². The van der Waals surface area contributed by atoms with Crippen molar-refractivity contribution in [3.05, 3.63) is 34.3 Å². The van der Waals surface area contributed by atoms with Crippen LogP contribution >= 0.6 is 15.9 Å². The van der Waals surface area contributed by atoms with Crippen molar-refractivity contribution in [2.45, 2.75) is 11.8 Å². The fraction of sp³-hybridized carbons (Fsp3) is 0.400. The smallest absolute Gasteiger partial charge is 0.292 e. The topological polar surface area (TPSA) is 104 Å². The summed E-state index contributed by atoms with van der Waals surface area (Å²) >= 11 is 3.41. The van der Waals surface area contributed by atoms with Gasteiger partial charge in [-0.3, -0.25) is 0 Å². The molecule has 6 nitrogen and oxygen atoms in total. The number of amidine groups is 1. The van der Waals surface area contributed by atoms with E-state index in [-0.39, 0.29) is 5.84 Å². The van der Waals surface area contributed by atoms with Gasteiger partial charge in [-0.15, -0.1) is 0 Å². The van der Waals surface area contributed by atoms with E-state index in [1.54, 1.807) is 0 Å². The number of nitriles is 2. The zero-order valence-electron chi connectivity index (χ0n) is 12.0.